The minimum Gasteiger partial charge on any atom is -0.368 e. The molecule has 2 aliphatic rings. The molecule has 0 N–H and O–H groups in total. The van der Waals surface area contributed by atoms with E-state index in [-0.39, 0.29) is 18.1 Å². The van der Waals surface area contributed by atoms with Gasteiger partial charge in [-0.3, -0.25) is 9.48 Å². The molecule has 2 heterocycles. The zero-order valence-electron chi connectivity index (χ0n) is 13.0. The fourth-order valence-corrected chi connectivity index (χ4v) is 2.97. The molecule has 1 amide bonds. The Labute approximate surface area is 126 Å². The molecule has 1 saturated carbocycles. The molecule has 1 aromatic rings. The molecule has 0 aromatic carbocycles. The van der Waals surface area contributed by atoms with E-state index in [1.54, 1.807) is 0 Å². The summed E-state index contributed by atoms with van der Waals surface area (Å²) in [4.78, 5) is 14.5. The van der Waals surface area contributed by atoms with E-state index in [0.717, 1.165) is 38.1 Å². The molecule has 1 saturated heterocycles. The highest BCUT2D eigenvalue weighted by atomic mass is 16.5. The maximum atomic E-state index is 12.6. The van der Waals surface area contributed by atoms with Gasteiger partial charge in [0.05, 0.1) is 25.4 Å². The Kier molecular flexibility index (Phi) is 4.29. The second-order valence-electron chi connectivity index (χ2n) is 6.49. The van der Waals surface area contributed by atoms with Crippen LogP contribution in [0.3, 0.4) is 0 Å². The summed E-state index contributed by atoms with van der Waals surface area (Å²) in [6.45, 7) is 6.30. The van der Waals surface area contributed by atoms with Gasteiger partial charge in [-0.25, -0.2) is 0 Å². The summed E-state index contributed by atoms with van der Waals surface area (Å²) in [5.41, 5.74) is 1.16. The number of carbonyl (C=O) groups is 1. The molecule has 1 aliphatic heterocycles. The van der Waals surface area contributed by atoms with Crippen molar-refractivity contribution in [3.63, 3.8) is 0 Å². The lowest BCUT2D eigenvalue weighted by Gasteiger charge is -2.27. The van der Waals surface area contributed by atoms with Gasteiger partial charge in [-0.15, -0.1) is 0 Å². The van der Waals surface area contributed by atoms with E-state index in [9.17, 15) is 4.79 Å². The maximum absolute atomic E-state index is 12.6. The normalized spacial score (nSPS) is 23.5. The highest BCUT2D eigenvalue weighted by Gasteiger charge is 2.33. The first-order valence-corrected chi connectivity index (χ1v) is 8.04. The Balaban J connectivity index is 1.55. The fraction of sp³-hybridized carbons (Fsp3) is 0.750. The summed E-state index contributed by atoms with van der Waals surface area (Å²) in [5, 5.41) is 4.33. The molecule has 5 nitrogen and oxygen atoms in total. The Hall–Kier alpha value is -1.36. The van der Waals surface area contributed by atoms with Crippen LogP contribution in [0.1, 0.15) is 38.2 Å². The first-order valence-electron chi connectivity index (χ1n) is 8.04. The number of nitrogens with zero attached hydrogens (tertiary/aromatic N) is 3. The predicted molar refractivity (Wildman–Crippen MR) is 79.8 cm³/mol. The van der Waals surface area contributed by atoms with Gasteiger partial charge in [0, 0.05) is 12.7 Å². The molecule has 1 aliphatic carbocycles. The molecule has 21 heavy (non-hydrogen) atoms. The predicted octanol–water partition coefficient (Wildman–Crippen LogP) is 2.00. The van der Waals surface area contributed by atoms with Crippen molar-refractivity contribution in [3.8, 4) is 0 Å². The fourth-order valence-electron chi connectivity index (χ4n) is 2.97. The average Bonchev–Trinajstić information content (AvgIpc) is 3.04. The number of ether oxygens (including phenoxy) is 1. The molecule has 2 atom stereocenters. The van der Waals surface area contributed by atoms with Gasteiger partial charge < -0.3 is 9.64 Å². The zero-order chi connectivity index (χ0) is 14.8. The summed E-state index contributed by atoms with van der Waals surface area (Å²) in [6, 6.07) is 0.253. The van der Waals surface area contributed by atoms with Crippen molar-refractivity contribution < 1.29 is 9.53 Å². The van der Waals surface area contributed by atoms with Crippen LogP contribution in [0.5, 0.6) is 0 Å². The third-order valence-electron chi connectivity index (χ3n) is 4.45. The highest BCUT2D eigenvalue weighted by molar-refractivity contribution is 5.81. The Morgan fingerprint density at radius 3 is 2.95 bits per heavy atom. The van der Waals surface area contributed by atoms with Crippen molar-refractivity contribution in [2.24, 2.45) is 5.92 Å². The van der Waals surface area contributed by atoms with Gasteiger partial charge in [0.25, 0.3) is 5.91 Å². The summed E-state index contributed by atoms with van der Waals surface area (Å²) < 4.78 is 7.67. The molecule has 5 heteroatoms. The lowest BCUT2D eigenvalue weighted by molar-refractivity contribution is -0.144. The van der Waals surface area contributed by atoms with E-state index in [0.29, 0.717) is 5.92 Å². The minimum atomic E-state index is -0.314. The first kappa shape index (κ1) is 14.6. The van der Waals surface area contributed by atoms with E-state index in [2.05, 4.69) is 5.10 Å². The van der Waals surface area contributed by atoms with E-state index in [1.807, 2.05) is 35.8 Å². The van der Waals surface area contributed by atoms with Crippen LogP contribution in [-0.2, 0) is 16.1 Å². The van der Waals surface area contributed by atoms with Crippen molar-refractivity contribution in [1.29, 1.82) is 0 Å². The summed E-state index contributed by atoms with van der Waals surface area (Å²) in [7, 11) is 0. The van der Waals surface area contributed by atoms with Gasteiger partial charge in [0.1, 0.15) is 6.10 Å². The zero-order valence-corrected chi connectivity index (χ0v) is 13.0. The topological polar surface area (TPSA) is 47.4 Å². The molecule has 0 radical (unpaired) electrons. The number of rotatable bonds is 6. The smallest absolute Gasteiger partial charge is 0.251 e. The van der Waals surface area contributed by atoms with Crippen LogP contribution >= 0.6 is 0 Å². The molecule has 2 fully saturated rings. The van der Waals surface area contributed by atoms with Gasteiger partial charge >= 0.3 is 0 Å². The van der Waals surface area contributed by atoms with Gasteiger partial charge in [0.2, 0.25) is 0 Å². The van der Waals surface area contributed by atoms with Crippen LogP contribution in [0, 0.1) is 12.8 Å². The SMILES string of the molecule is Cc1cnn(C[C@H]2CCCN2C(=O)[C@@H](C)OCC2CC2)c1. The highest BCUT2D eigenvalue weighted by Crippen LogP contribution is 2.29. The number of amides is 1. The molecule has 1 aromatic heterocycles. The van der Waals surface area contributed by atoms with Crippen LogP contribution in [0.15, 0.2) is 12.4 Å². The third-order valence-corrected chi connectivity index (χ3v) is 4.45. The van der Waals surface area contributed by atoms with Crippen LogP contribution in [-0.4, -0.2) is 45.9 Å². The van der Waals surface area contributed by atoms with Crippen LogP contribution < -0.4 is 0 Å². The van der Waals surface area contributed by atoms with Crippen LogP contribution in [0.4, 0.5) is 0 Å². The van der Waals surface area contributed by atoms with E-state index >= 15 is 0 Å². The number of hydrogen-bond acceptors (Lipinski definition) is 3. The Morgan fingerprint density at radius 2 is 2.29 bits per heavy atom. The van der Waals surface area contributed by atoms with Gasteiger partial charge in [0.15, 0.2) is 0 Å². The quantitative estimate of drug-likeness (QED) is 0.805. The van der Waals surface area contributed by atoms with E-state index in [4.69, 9.17) is 4.74 Å². The van der Waals surface area contributed by atoms with Crippen LogP contribution in [0.25, 0.3) is 0 Å². The number of likely N-dealkylation sites (tertiary alicyclic amines) is 1. The lowest BCUT2D eigenvalue weighted by atomic mass is 10.2. The number of hydrogen-bond donors (Lipinski definition) is 0. The standard InChI is InChI=1S/C16H25N3O2/c1-12-8-17-18(9-12)10-15-4-3-7-19(15)16(20)13(2)21-11-14-5-6-14/h8-9,13-15H,3-7,10-11H2,1-2H3/t13-,15-/m1/s1. The van der Waals surface area contributed by atoms with Gasteiger partial charge in [-0.2, -0.15) is 5.10 Å². The van der Waals surface area contributed by atoms with Gasteiger partial charge in [-0.1, -0.05) is 0 Å². The summed E-state index contributed by atoms with van der Waals surface area (Å²) >= 11 is 0. The largest absolute Gasteiger partial charge is 0.368 e. The lowest BCUT2D eigenvalue weighted by Crippen LogP contribution is -2.43. The molecular weight excluding hydrogens is 266 g/mol. The van der Waals surface area contributed by atoms with Crippen molar-refractivity contribution >= 4 is 5.91 Å². The molecule has 0 spiro atoms. The third kappa shape index (κ3) is 3.64. The van der Waals surface area contributed by atoms with Crippen molar-refractivity contribution in [2.45, 2.75) is 58.2 Å². The second kappa shape index (κ2) is 6.18. The molecular formula is C16H25N3O2. The van der Waals surface area contributed by atoms with Crippen molar-refractivity contribution in [2.75, 3.05) is 13.2 Å². The summed E-state index contributed by atoms with van der Waals surface area (Å²) in [5.74, 6) is 0.837. The number of carbonyl (C=O) groups excluding carboxylic acids is 1. The maximum Gasteiger partial charge on any atom is 0.251 e. The minimum absolute atomic E-state index is 0.141. The molecule has 0 bridgehead atoms. The van der Waals surface area contributed by atoms with Crippen molar-refractivity contribution in [3.05, 3.63) is 18.0 Å². The molecule has 116 valence electrons. The van der Waals surface area contributed by atoms with Gasteiger partial charge in [-0.05, 0) is 51.0 Å². The monoisotopic (exact) mass is 291 g/mol. The summed E-state index contributed by atoms with van der Waals surface area (Å²) in [6.07, 6.45) is 8.23. The molecule has 3 rings (SSSR count). The van der Waals surface area contributed by atoms with E-state index < -0.39 is 0 Å². The average molecular weight is 291 g/mol. The Morgan fingerprint density at radius 1 is 1.48 bits per heavy atom. The van der Waals surface area contributed by atoms with Crippen molar-refractivity contribution in [1.82, 2.24) is 14.7 Å². The van der Waals surface area contributed by atoms with Crippen LogP contribution in [0.2, 0.25) is 0 Å². The Bertz CT molecular complexity index is 495. The first-order chi connectivity index (χ1) is 10.1. The second-order valence-corrected chi connectivity index (χ2v) is 6.49. The number of aromatic nitrogens is 2. The number of aryl methyl sites for hydroxylation is 1. The van der Waals surface area contributed by atoms with E-state index in [1.165, 1.54) is 12.8 Å². The molecule has 0 unspecified atom stereocenters.